The zero-order chi connectivity index (χ0) is 17.7. The number of nitrogens with zero attached hydrogens (tertiary/aromatic N) is 1. The molecule has 3 rings (SSSR count). The Hall–Kier alpha value is -1.81. The molecule has 112 valence electrons. The summed E-state index contributed by atoms with van der Waals surface area (Å²) in [6.07, 6.45) is 0.148. The largest absolute Gasteiger partial charge is 0.493 e. The predicted molar refractivity (Wildman–Crippen MR) is 81.0 cm³/mol. The maximum atomic E-state index is 12.2. The van der Waals surface area contributed by atoms with Crippen molar-refractivity contribution in [3.05, 3.63) is 35.9 Å². The van der Waals surface area contributed by atoms with E-state index in [9.17, 15) is 4.79 Å². The van der Waals surface area contributed by atoms with Crippen molar-refractivity contribution in [3.63, 3.8) is 0 Å². The third kappa shape index (κ3) is 2.14. The second-order valence-electron chi connectivity index (χ2n) is 5.51. The minimum absolute atomic E-state index is 0.263. The summed E-state index contributed by atoms with van der Waals surface area (Å²) in [4.78, 5) is 14.1. The highest BCUT2D eigenvalue weighted by atomic mass is 16.5. The Balaban J connectivity index is 2.22. The molecular formula is C17H21NO3. The van der Waals surface area contributed by atoms with Crippen molar-refractivity contribution in [2.24, 2.45) is 0 Å². The van der Waals surface area contributed by atoms with Crippen LogP contribution in [0.4, 0.5) is 0 Å². The van der Waals surface area contributed by atoms with Crippen LogP contribution in [0.2, 0.25) is 0 Å². The first kappa shape index (κ1) is 10.9. The van der Waals surface area contributed by atoms with E-state index in [0.29, 0.717) is 24.5 Å². The second kappa shape index (κ2) is 5.19. The van der Waals surface area contributed by atoms with Gasteiger partial charge in [-0.05, 0) is 43.8 Å². The Morgan fingerprint density at radius 2 is 2.14 bits per heavy atom. The highest BCUT2D eigenvalue weighted by molar-refractivity contribution is 5.92. The molecule has 1 fully saturated rings. The van der Waals surface area contributed by atoms with Crippen LogP contribution in [0.15, 0.2) is 30.3 Å². The number of benzene rings is 1. The first-order valence-corrected chi connectivity index (χ1v) is 6.95. The van der Waals surface area contributed by atoms with Gasteiger partial charge in [0.15, 0.2) is 17.3 Å². The highest BCUT2D eigenvalue weighted by Gasteiger charge is 2.48. The van der Waals surface area contributed by atoms with E-state index in [1.807, 2.05) is 24.1 Å². The number of ketones is 1. The smallest absolute Gasteiger partial charge is 0.161 e. The fourth-order valence-electron chi connectivity index (χ4n) is 3.28. The van der Waals surface area contributed by atoms with Gasteiger partial charge in [-0.1, -0.05) is 12.1 Å². The molecule has 4 nitrogen and oxygen atoms in total. The van der Waals surface area contributed by atoms with Crippen LogP contribution in [0.1, 0.15) is 22.5 Å². The number of carbonyl (C=O) groups excluding carboxylic acids is 1. The molecule has 1 aliphatic heterocycles. The number of methoxy groups -OCH3 is 2. The molecule has 2 aliphatic rings. The van der Waals surface area contributed by atoms with Crippen LogP contribution < -0.4 is 9.47 Å². The molecule has 0 amide bonds. The third-order valence-electron chi connectivity index (χ3n) is 4.46. The van der Waals surface area contributed by atoms with E-state index in [4.69, 9.17) is 13.6 Å². The van der Waals surface area contributed by atoms with Crippen molar-refractivity contribution in [1.82, 2.24) is 4.90 Å². The van der Waals surface area contributed by atoms with Gasteiger partial charge in [-0.2, -0.15) is 0 Å². The fraction of sp³-hybridized carbons (Fsp3) is 0.471. The molecule has 1 aromatic carbocycles. The maximum absolute atomic E-state index is 12.2. The van der Waals surface area contributed by atoms with E-state index in [0.717, 1.165) is 5.56 Å². The molecule has 0 saturated carbocycles. The number of likely N-dealkylation sites (N-methyl/N-ethyl adjacent to an activating group) is 1. The number of rotatable bonds is 3. The van der Waals surface area contributed by atoms with Crippen LogP contribution in [0, 0.1) is 0 Å². The van der Waals surface area contributed by atoms with Gasteiger partial charge >= 0.3 is 0 Å². The Bertz CT molecular complexity index is 719. The molecule has 0 radical (unpaired) electrons. The Labute approximate surface area is 129 Å². The number of hydrogen-bond donors (Lipinski definition) is 0. The summed E-state index contributed by atoms with van der Waals surface area (Å²) in [5, 5.41) is 0. The van der Waals surface area contributed by atoms with Crippen molar-refractivity contribution in [1.29, 1.82) is 0 Å². The first-order chi connectivity index (χ1) is 11.3. The molecular weight excluding hydrogens is 266 g/mol. The minimum Gasteiger partial charge on any atom is -0.493 e. The van der Waals surface area contributed by atoms with Crippen molar-refractivity contribution >= 4 is 5.78 Å². The van der Waals surface area contributed by atoms with Gasteiger partial charge in [0, 0.05) is 20.6 Å². The van der Waals surface area contributed by atoms with E-state index < -0.39 is 23.6 Å². The highest BCUT2D eigenvalue weighted by Crippen LogP contribution is 2.46. The van der Waals surface area contributed by atoms with E-state index in [-0.39, 0.29) is 6.05 Å². The monoisotopic (exact) mass is 290 g/mol. The summed E-state index contributed by atoms with van der Waals surface area (Å²) < 4.78 is 35.3. The molecule has 4 heteroatoms. The number of hydrogen-bond acceptors (Lipinski definition) is 4. The molecule has 1 heterocycles. The Kier molecular flexibility index (Phi) is 2.68. The average Bonchev–Trinajstić information content (AvgIpc) is 2.90. The summed E-state index contributed by atoms with van der Waals surface area (Å²) in [5.74, 6) is 0.387. The fourth-order valence-corrected chi connectivity index (χ4v) is 3.28. The van der Waals surface area contributed by atoms with Crippen molar-refractivity contribution in [2.45, 2.75) is 24.3 Å². The molecule has 21 heavy (non-hydrogen) atoms. The van der Waals surface area contributed by atoms with Gasteiger partial charge < -0.3 is 14.4 Å². The lowest BCUT2D eigenvalue weighted by atomic mass is 9.69. The van der Waals surface area contributed by atoms with Gasteiger partial charge in [0.25, 0.3) is 0 Å². The lowest BCUT2D eigenvalue weighted by Gasteiger charge is -2.37. The van der Waals surface area contributed by atoms with E-state index >= 15 is 0 Å². The predicted octanol–water partition coefficient (Wildman–Crippen LogP) is 2.17. The summed E-state index contributed by atoms with van der Waals surface area (Å²) in [6.45, 7) is 0.648. The zero-order valence-electron chi connectivity index (χ0n) is 15.5. The minimum atomic E-state index is -2.11. The molecule has 1 saturated heterocycles. The van der Waals surface area contributed by atoms with Gasteiger partial charge in [-0.15, -0.1) is 0 Å². The topological polar surface area (TPSA) is 38.8 Å². The molecule has 0 aromatic heterocycles. The van der Waals surface area contributed by atoms with E-state index in [2.05, 4.69) is 0 Å². The van der Waals surface area contributed by atoms with Crippen molar-refractivity contribution in [3.8, 4) is 11.5 Å². The van der Waals surface area contributed by atoms with Gasteiger partial charge in [0.1, 0.15) is 0 Å². The average molecular weight is 290 g/mol. The number of ether oxygens (including phenoxy) is 2. The SMILES string of the molecule is [2H]C1=C[C@@]2(c3ccc(OC)c(OC)c3)CCN(C)[C@H]2C([2H])([2H])C1=O. The molecule has 0 bridgehead atoms. The van der Waals surface area contributed by atoms with Crippen LogP contribution in [0.5, 0.6) is 11.5 Å². The summed E-state index contributed by atoms with van der Waals surface area (Å²) in [7, 11) is 4.93. The molecule has 0 unspecified atom stereocenters. The maximum Gasteiger partial charge on any atom is 0.161 e. The quantitative estimate of drug-likeness (QED) is 0.855. The van der Waals surface area contributed by atoms with Crippen LogP contribution in [0.3, 0.4) is 0 Å². The van der Waals surface area contributed by atoms with E-state index in [1.54, 1.807) is 26.4 Å². The van der Waals surface area contributed by atoms with Crippen molar-refractivity contribution in [2.75, 3.05) is 27.8 Å². The third-order valence-corrected chi connectivity index (χ3v) is 4.46. The lowest BCUT2D eigenvalue weighted by Crippen LogP contribution is -2.43. The van der Waals surface area contributed by atoms with Gasteiger partial charge in [0.05, 0.1) is 15.6 Å². The number of allylic oxidation sites excluding steroid dienone is 1. The number of carbonyl (C=O) groups is 1. The van der Waals surface area contributed by atoms with Gasteiger partial charge in [-0.3, -0.25) is 4.79 Å². The Morgan fingerprint density at radius 3 is 2.86 bits per heavy atom. The molecule has 2 atom stereocenters. The van der Waals surface area contributed by atoms with Crippen molar-refractivity contribution < 1.29 is 18.4 Å². The summed E-state index contributed by atoms with van der Waals surface area (Å²) in [5.41, 5.74) is 0.0959. The molecule has 0 spiro atoms. The first-order valence-electron chi connectivity index (χ1n) is 8.45. The van der Waals surface area contributed by atoms with Crippen LogP contribution in [-0.2, 0) is 10.2 Å². The normalized spacial score (nSPS) is 33.5. The number of likely N-dealkylation sites (tertiary alicyclic amines) is 1. The lowest BCUT2D eigenvalue weighted by molar-refractivity contribution is -0.116. The van der Waals surface area contributed by atoms with Gasteiger partial charge in [0.2, 0.25) is 0 Å². The molecule has 1 aliphatic carbocycles. The molecule has 1 aromatic rings. The second-order valence-corrected chi connectivity index (χ2v) is 5.51. The van der Waals surface area contributed by atoms with Gasteiger partial charge in [-0.25, -0.2) is 0 Å². The zero-order valence-corrected chi connectivity index (χ0v) is 12.5. The van der Waals surface area contributed by atoms with Crippen LogP contribution in [-0.4, -0.2) is 44.5 Å². The Morgan fingerprint density at radius 1 is 1.38 bits per heavy atom. The standard InChI is InChI=1S/C17H21NO3/c1-18-9-8-17(7-6-13(19)11-16(17)18)12-4-5-14(20-2)15(10-12)21-3/h4-7,10,16H,8-9,11H2,1-3H3/t16-,17-/m0/s1/i6D,11D2. The summed E-state index contributed by atoms with van der Waals surface area (Å²) in [6, 6.07) is 4.55. The van der Waals surface area contributed by atoms with Crippen LogP contribution in [0.25, 0.3) is 0 Å². The molecule has 0 N–H and O–H groups in total. The van der Waals surface area contributed by atoms with Crippen LogP contribution >= 0.6 is 0 Å². The number of fused-ring (bicyclic) bond motifs is 1. The van der Waals surface area contributed by atoms with E-state index in [1.165, 1.54) is 0 Å². The summed E-state index contributed by atoms with van der Waals surface area (Å²) >= 11 is 0.